The van der Waals surface area contributed by atoms with Crippen molar-refractivity contribution in [2.75, 3.05) is 0 Å². The first kappa shape index (κ1) is 7.71. The fourth-order valence-corrected chi connectivity index (χ4v) is 0.537. The van der Waals surface area contributed by atoms with Crippen LogP contribution in [0.4, 0.5) is 0 Å². The summed E-state index contributed by atoms with van der Waals surface area (Å²) in [7, 11) is 0. The Kier molecular flexibility index (Phi) is 1.64. The van der Waals surface area contributed by atoms with Gasteiger partial charge in [0.1, 0.15) is 5.41 Å². The van der Waals surface area contributed by atoms with Crippen LogP contribution in [0.2, 0.25) is 0 Å². The number of hydrogen-bond donors (Lipinski definition) is 1. The minimum atomic E-state index is -1.10. The summed E-state index contributed by atoms with van der Waals surface area (Å²) in [6.07, 6.45) is 1.11. The lowest BCUT2D eigenvalue weighted by molar-refractivity contribution is -0.143. The van der Waals surface area contributed by atoms with Crippen LogP contribution in [-0.2, 0) is 10.2 Å². The van der Waals surface area contributed by atoms with Gasteiger partial charge in [0.25, 0.3) is 0 Å². The van der Waals surface area contributed by atoms with Gasteiger partial charge < -0.3 is 9.52 Å². The molecule has 0 spiro atoms. The van der Waals surface area contributed by atoms with Gasteiger partial charge in [0.15, 0.2) is 0 Å². The van der Waals surface area contributed by atoms with Crippen molar-refractivity contribution in [2.45, 2.75) is 19.3 Å². The van der Waals surface area contributed by atoms with Gasteiger partial charge in [-0.15, -0.1) is 10.2 Å². The van der Waals surface area contributed by atoms with Crippen molar-refractivity contribution in [3.8, 4) is 0 Å². The van der Waals surface area contributed by atoms with E-state index in [0.29, 0.717) is 0 Å². The van der Waals surface area contributed by atoms with Gasteiger partial charge in [-0.05, 0) is 13.8 Å². The second-order valence-corrected chi connectivity index (χ2v) is 2.67. The standard InChI is InChI=1S/C6H8N2O3/c1-6(2,5(9)10)4-8-7-3-11-4/h3H,1-2H3,(H,9,10). The lowest BCUT2D eigenvalue weighted by Gasteiger charge is -2.12. The van der Waals surface area contributed by atoms with E-state index < -0.39 is 11.4 Å². The predicted octanol–water partition coefficient (Wildman–Crippen LogP) is 0.432. The first-order valence-corrected chi connectivity index (χ1v) is 3.05. The van der Waals surface area contributed by atoms with Crippen LogP contribution in [0.5, 0.6) is 0 Å². The molecule has 0 radical (unpaired) electrons. The number of hydrogen-bond acceptors (Lipinski definition) is 4. The van der Waals surface area contributed by atoms with E-state index in [1.807, 2.05) is 0 Å². The molecule has 0 fully saturated rings. The molecular weight excluding hydrogens is 148 g/mol. The quantitative estimate of drug-likeness (QED) is 0.671. The van der Waals surface area contributed by atoms with Gasteiger partial charge in [0, 0.05) is 0 Å². The van der Waals surface area contributed by atoms with Crippen LogP contribution in [0.15, 0.2) is 10.8 Å². The molecule has 1 heterocycles. The molecule has 5 nitrogen and oxygen atoms in total. The molecule has 1 N–H and O–H groups in total. The molecule has 1 aromatic rings. The number of nitrogens with zero attached hydrogens (tertiary/aromatic N) is 2. The number of aromatic nitrogens is 2. The molecule has 0 unspecified atom stereocenters. The lowest BCUT2D eigenvalue weighted by Crippen LogP contribution is -2.28. The summed E-state index contributed by atoms with van der Waals surface area (Å²) in [5.41, 5.74) is -1.10. The smallest absolute Gasteiger partial charge is 0.318 e. The van der Waals surface area contributed by atoms with Crippen LogP contribution < -0.4 is 0 Å². The summed E-state index contributed by atoms with van der Waals surface area (Å²) in [5.74, 6) is -0.869. The largest absolute Gasteiger partial charge is 0.480 e. The molecule has 0 bridgehead atoms. The van der Waals surface area contributed by atoms with E-state index in [4.69, 9.17) is 9.52 Å². The first-order chi connectivity index (χ1) is 5.05. The molecule has 0 saturated carbocycles. The maximum absolute atomic E-state index is 10.6. The molecule has 1 aromatic heterocycles. The summed E-state index contributed by atoms with van der Waals surface area (Å²) < 4.78 is 4.76. The van der Waals surface area contributed by atoms with Gasteiger partial charge >= 0.3 is 5.97 Å². The zero-order chi connectivity index (χ0) is 8.48. The normalized spacial score (nSPS) is 11.5. The summed E-state index contributed by atoms with van der Waals surface area (Å²) in [4.78, 5) is 10.6. The molecule has 11 heavy (non-hydrogen) atoms. The van der Waals surface area contributed by atoms with Crippen LogP contribution in [0.25, 0.3) is 0 Å². The van der Waals surface area contributed by atoms with Crippen molar-refractivity contribution in [1.29, 1.82) is 0 Å². The second kappa shape index (κ2) is 2.34. The Hall–Kier alpha value is -1.39. The van der Waals surface area contributed by atoms with E-state index in [1.165, 1.54) is 13.8 Å². The van der Waals surface area contributed by atoms with E-state index >= 15 is 0 Å². The highest BCUT2D eigenvalue weighted by molar-refractivity contribution is 5.78. The van der Waals surface area contributed by atoms with E-state index in [1.54, 1.807) is 0 Å². The Morgan fingerprint density at radius 1 is 1.73 bits per heavy atom. The number of carboxylic acid groups (broad SMARTS) is 1. The van der Waals surface area contributed by atoms with E-state index in [9.17, 15) is 4.79 Å². The number of aliphatic carboxylic acids is 1. The van der Waals surface area contributed by atoms with Crippen molar-refractivity contribution in [3.05, 3.63) is 12.3 Å². The third kappa shape index (κ3) is 1.21. The monoisotopic (exact) mass is 156 g/mol. The molecule has 0 saturated heterocycles. The van der Waals surface area contributed by atoms with E-state index in [2.05, 4.69) is 10.2 Å². The van der Waals surface area contributed by atoms with Crippen molar-refractivity contribution in [3.63, 3.8) is 0 Å². The predicted molar refractivity (Wildman–Crippen MR) is 35.0 cm³/mol. The number of carbonyl (C=O) groups is 1. The Bertz CT molecular complexity index is 253. The third-order valence-corrected chi connectivity index (χ3v) is 1.43. The Labute approximate surface area is 63.0 Å². The van der Waals surface area contributed by atoms with Crippen molar-refractivity contribution in [2.24, 2.45) is 0 Å². The summed E-state index contributed by atoms with van der Waals surface area (Å²) in [6, 6.07) is 0. The second-order valence-electron chi connectivity index (χ2n) is 2.67. The third-order valence-electron chi connectivity index (χ3n) is 1.43. The highest BCUT2D eigenvalue weighted by Crippen LogP contribution is 2.19. The average molecular weight is 156 g/mol. The van der Waals surface area contributed by atoms with Gasteiger partial charge in [-0.2, -0.15) is 0 Å². The van der Waals surface area contributed by atoms with Crippen molar-refractivity contribution >= 4 is 5.97 Å². The molecule has 0 aromatic carbocycles. The van der Waals surface area contributed by atoms with Gasteiger partial charge in [-0.3, -0.25) is 4.79 Å². The van der Waals surface area contributed by atoms with Gasteiger partial charge in [0.05, 0.1) is 0 Å². The topological polar surface area (TPSA) is 76.2 Å². The minimum absolute atomic E-state index is 0.116. The number of rotatable bonds is 2. The first-order valence-electron chi connectivity index (χ1n) is 3.05. The van der Waals surface area contributed by atoms with Crippen molar-refractivity contribution in [1.82, 2.24) is 10.2 Å². The molecular formula is C6H8N2O3. The molecule has 0 atom stereocenters. The fourth-order valence-electron chi connectivity index (χ4n) is 0.537. The van der Waals surface area contributed by atoms with Crippen molar-refractivity contribution < 1.29 is 14.3 Å². The molecule has 0 aliphatic rings. The lowest BCUT2D eigenvalue weighted by atomic mass is 9.94. The van der Waals surface area contributed by atoms with E-state index in [0.717, 1.165) is 6.39 Å². The Morgan fingerprint density at radius 2 is 2.36 bits per heavy atom. The van der Waals surface area contributed by atoms with Gasteiger partial charge in [-0.25, -0.2) is 0 Å². The number of carboxylic acids is 1. The summed E-state index contributed by atoms with van der Waals surface area (Å²) in [6.45, 7) is 3.01. The molecule has 1 rings (SSSR count). The van der Waals surface area contributed by atoms with Crippen LogP contribution >= 0.6 is 0 Å². The van der Waals surface area contributed by atoms with Crippen LogP contribution in [0.3, 0.4) is 0 Å². The Morgan fingerprint density at radius 3 is 2.73 bits per heavy atom. The SMILES string of the molecule is CC(C)(C(=O)O)c1nnco1. The van der Waals surface area contributed by atoms with Crippen LogP contribution in [-0.4, -0.2) is 21.3 Å². The van der Waals surface area contributed by atoms with Crippen LogP contribution in [0.1, 0.15) is 19.7 Å². The van der Waals surface area contributed by atoms with Crippen LogP contribution in [0, 0.1) is 0 Å². The Balaban J connectivity index is 3.00. The summed E-state index contributed by atoms with van der Waals surface area (Å²) >= 11 is 0. The molecule has 0 aliphatic carbocycles. The minimum Gasteiger partial charge on any atom is -0.480 e. The zero-order valence-electron chi connectivity index (χ0n) is 6.24. The highest BCUT2D eigenvalue weighted by Gasteiger charge is 2.34. The average Bonchev–Trinajstić information content (AvgIpc) is 2.37. The molecule has 0 aliphatic heterocycles. The summed E-state index contributed by atoms with van der Waals surface area (Å²) in [5, 5.41) is 15.6. The zero-order valence-corrected chi connectivity index (χ0v) is 6.24. The maximum atomic E-state index is 10.6. The van der Waals surface area contributed by atoms with E-state index in [-0.39, 0.29) is 5.89 Å². The molecule has 0 amide bonds. The van der Waals surface area contributed by atoms with Gasteiger partial charge in [0.2, 0.25) is 12.3 Å². The maximum Gasteiger partial charge on any atom is 0.318 e. The highest BCUT2D eigenvalue weighted by atomic mass is 16.4. The fraction of sp³-hybridized carbons (Fsp3) is 0.500. The molecule has 60 valence electrons. The molecule has 5 heteroatoms. The van der Waals surface area contributed by atoms with Gasteiger partial charge in [-0.1, -0.05) is 0 Å².